The minimum atomic E-state index is 0.644. The second kappa shape index (κ2) is 6.20. The van der Waals surface area contributed by atoms with E-state index in [1.54, 1.807) is 0 Å². The molecular formula is C16H25N3. The smallest absolute Gasteiger partial charge is 0.109 e. The summed E-state index contributed by atoms with van der Waals surface area (Å²) in [6.45, 7) is 5.55. The lowest BCUT2D eigenvalue weighted by Gasteiger charge is -2.04. The predicted octanol–water partition coefficient (Wildman–Crippen LogP) is 2.92. The number of rotatable bonds is 6. The molecule has 19 heavy (non-hydrogen) atoms. The van der Waals surface area contributed by atoms with Crippen LogP contribution in [-0.4, -0.2) is 23.1 Å². The van der Waals surface area contributed by atoms with Crippen molar-refractivity contribution in [2.45, 2.75) is 33.1 Å². The quantitative estimate of drug-likeness (QED) is 0.808. The van der Waals surface area contributed by atoms with Crippen LogP contribution in [0.3, 0.4) is 0 Å². The van der Waals surface area contributed by atoms with Gasteiger partial charge in [0.2, 0.25) is 0 Å². The van der Waals surface area contributed by atoms with E-state index in [0.29, 0.717) is 5.92 Å². The summed E-state index contributed by atoms with van der Waals surface area (Å²) in [6.07, 6.45) is 3.33. The average Bonchev–Trinajstić information content (AvgIpc) is 2.66. The third kappa shape index (κ3) is 3.35. The molecule has 0 bridgehead atoms. The summed E-state index contributed by atoms with van der Waals surface area (Å²) < 4.78 is 2.23. The predicted molar refractivity (Wildman–Crippen MR) is 81.5 cm³/mol. The summed E-state index contributed by atoms with van der Waals surface area (Å²) in [4.78, 5) is 4.79. The first kappa shape index (κ1) is 14.1. The highest BCUT2D eigenvalue weighted by atomic mass is 15.1. The van der Waals surface area contributed by atoms with Crippen molar-refractivity contribution in [2.75, 3.05) is 13.6 Å². The van der Waals surface area contributed by atoms with Crippen molar-refractivity contribution in [1.82, 2.24) is 14.9 Å². The lowest BCUT2D eigenvalue weighted by atomic mass is 10.1. The SMILES string of the molecule is CNCCCc1ccc2c(c1)nc(CC(C)C)n2C. The molecule has 1 heterocycles. The zero-order valence-electron chi connectivity index (χ0n) is 12.5. The van der Waals surface area contributed by atoms with Gasteiger partial charge in [0.15, 0.2) is 0 Å². The number of aryl methyl sites for hydroxylation is 2. The molecule has 1 N–H and O–H groups in total. The number of imidazole rings is 1. The van der Waals surface area contributed by atoms with Crippen molar-refractivity contribution < 1.29 is 0 Å². The van der Waals surface area contributed by atoms with Crippen LogP contribution in [0.15, 0.2) is 18.2 Å². The highest BCUT2D eigenvalue weighted by Crippen LogP contribution is 2.19. The highest BCUT2D eigenvalue weighted by molar-refractivity contribution is 5.76. The van der Waals surface area contributed by atoms with Gasteiger partial charge < -0.3 is 9.88 Å². The minimum absolute atomic E-state index is 0.644. The summed E-state index contributed by atoms with van der Waals surface area (Å²) in [5, 5.41) is 3.19. The summed E-state index contributed by atoms with van der Waals surface area (Å²) in [5.74, 6) is 1.84. The fourth-order valence-electron chi connectivity index (χ4n) is 2.47. The number of nitrogens with one attached hydrogen (secondary N) is 1. The summed E-state index contributed by atoms with van der Waals surface area (Å²) in [7, 11) is 4.12. The molecule has 3 heteroatoms. The molecular weight excluding hydrogens is 234 g/mol. The Morgan fingerprint density at radius 2 is 2.11 bits per heavy atom. The second-order valence-electron chi connectivity index (χ2n) is 5.72. The molecule has 0 saturated carbocycles. The molecule has 2 aromatic rings. The van der Waals surface area contributed by atoms with Gasteiger partial charge in [-0.25, -0.2) is 4.98 Å². The molecule has 0 saturated heterocycles. The molecule has 3 nitrogen and oxygen atoms in total. The van der Waals surface area contributed by atoms with Crippen molar-refractivity contribution in [3.05, 3.63) is 29.6 Å². The van der Waals surface area contributed by atoms with Gasteiger partial charge in [-0.1, -0.05) is 19.9 Å². The van der Waals surface area contributed by atoms with E-state index in [4.69, 9.17) is 4.98 Å². The molecule has 0 fully saturated rings. The molecule has 1 aromatic carbocycles. The normalized spacial score (nSPS) is 11.6. The Morgan fingerprint density at radius 3 is 2.79 bits per heavy atom. The molecule has 0 amide bonds. The van der Waals surface area contributed by atoms with Gasteiger partial charge in [-0.2, -0.15) is 0 Å². The van der Waals surface area contributed by atoms with Crippen LogP contribution in [0.25, 0.3) is 11.0 Å². The topological polar surface area (TPSA) is 29.9 Å². The van der Waals surface area contributed by atoms with E-state index in [2.05, 4.69) is 49.0 Å². The van der Waals surface area contributed by atoms with E-state index in [0.717, 1.165) is 24.9 Å². The van der Waals surface area contributed by atoms with Crippen LogP contribution in [-0.2, 0) is 19.9 Å². The standard InChI is InChI=1S/C16H25N3/c1-12(2)10-16-18-14-11-13(6-5-9-17-3)7-8-15(14)19(16)4/h7-8,11-12,17H,5-6,9-10H2,1-4H3. The third-order valence-corrected chi connectivity index (χ3v) is 3.52. The maximum atomic E-state index is 4.79. The Labute approximate surface area is 116 Å². The van der Waals surface area contributed by atoms with Gasteiger partial charge in [0.1, 0.15) is 5.82 Å². The van der Waals surface area contributed by atoms with E-state index < -0.39 is 0 Å². The van der Waals surface area contributed by atoms with E-state index >= 15 is 0 Å². The van der Waals surface area contributed by atoms with Gasteiger partial charge in [-0.15, -0.1) is 0 Å². The Hall–Kier alpha value is -1.35. The molecule has 1 aromatic heterocycles. The Morgan fingerprint density at radius 1 is 1.32 bits per heavy atom. The third-order valence-electron chi connectivity index (χ3n) is 3.52. The van der Waals surface area contributed by atoms with Gasteiger partial charge >= 0.3 is 0 Å². The lowest BCUT2D eigenvalue weighted by molar-refractivity contribution is 0.606. The minimum Gasteiger partial charge on any atom is -0.331 e. The maximum absolute atomic E-state index is 4.79. The Balaban J connectivity index is 2.22. The molecule has 0 radical (unpaired) electrons. The zero-order valence-corrected chi connectivity index (χ0v) is 12.5. The van der Waals surface area contributed by atoms with Crippen LogP contribution in [0.4, 0.5) is 0 Å². The van der Waals surface area contributed by atoms with Crippen LogP contribution in [0, 0.1) is 5.92 Å². The number of benzene rings is 1. The molecule has 0 spiro atoms. The first-order valence-corrected chi connectivity index (χ1v) is 7.20. The van der Waals surface area contributed by atoms with E-state index in [-0.39, 0.29) is 0 Å². The zero-order chi connectivity index (χ0) is 13.8. The molecule has 0 atom stereocenters. The molecule has 0 unspecified atom stereocenters. The van der Waals surface area contributed by atoms with Gasteiger partial charge in [0, 0.05) is 13.5 Å². The van der Waals surface area contributed by atoms with Gasteiger partial charge in [-0.05, 0) is 50.0 Å². The van der Waals surface area contributed by atoms with Crippen LogP contribution in [0.2, 0.25) is 0 Å². The summed E-state index contributed by atoms with van der Waals surface area (Å²) >= 11 is 0. The first-order valence-electron chi connectivity index (χ1n) is 7.20. The van der Waals surface area contributed by atoms with Crippen molar-refractivity contribution in [3.8, 4) is 0 Å². The van der Waals surface area contributed by atoms with Crippen molar-refractivity contribution in [1.29, 1.82) is 0 Å². The number of fused-ring (bicyclic) bond motifs is 1. The molecule has 104 valence electrons. The van der Waals surface area contributed by atoms with Crippen molar-refractivity contribution >= 4 is 11.0 Å². The molecule has 0 aliphatic carbocycles. The maximum Gasteiger partial charge on any atom is 0.109 e. The highest BCUT2D eigenvalue weighted by Gasteiger charge is 2.09. The van der Waals surface area contributed by atoms with Crippen LogP contribution >= 0.6 is 0 Å². The Bertz CT molecular complexity index is 540. The van der Waals surface area contributed by atoms with Gasteiger partial charge in [-0.3, -0.25) is 0 Å². The van der Waals surface area contributed by atoms with E-state index in [1.165, 1.54) is 23.3 Å². The molecule has 0 aliphatic heterocycles. The molecule has 0 aliphatic rings. The summed E-state index contributed by atoms with van der Waals surface area (Å²) in [6, 6.07) is 6.69. The van der Waals surface area contributed by atoms with Crippen LogP contribution in [0.1, 0.15) is 31.7 Å². The van der Waals surface area contributed by atoms with Gasteiger partial charge in [0.05, 0.1) is 11.0 Å². The second-order valence-corrected chi connectivity index (χ2v) is 5.72. The average molecular weight is 259 g/mol. The number of aromatic nitrogens is 2. The summed E-state index contributed by atoms with van der Waals surface area (Å²) in [5.41, 5.74) is 3.77. The number of hydrogen-bond donors (Lipinski definition) is 1. The van der Waals surface area contributed by atoms with Crippen molar-refractivity contribution in [3.63, 3.8) is 0 Å². The lowest BCUT2D eigenvalue weighted by Crippen LogP contribution is -2.08. The fraction of sp³-hybridized carbons (Fsp3) is 0.562. The van der Waals surface area contributed by atoms with Crippen LogP contribution in [0.5, 0.6) is 0 Å². The monoisotopic (exact) mass is 259 g/mol. The van der Waals surface area contributed by atoms with E-state index in [9.17, 15) is 0 Å². The first-order chi connectivity index (χ1) is 9.11. The molecule has 2 rings (SSSR count). The van der Waals surface area contributed by atoms with Gasteiger partial charge in [0.25, 0.3) is 0 Å². The Kier molecular flexibility index (Phi) is 4.59. The fourth-order valence-corrected chi connectivity index (χ4v) is 2.47. The number of nitrogens with zero attached hydrogens (tertiary/aromatic N) is 2. The largest absolute Gasteiger partial charge is 0.331 e. The number of hydrogen-bond acceptors (Lipinski definition) is 2. The van der Waals surface area contributed by atoms with Crippen molar-refractivity contribution in [2.24, 2.45) is 13.0 Å². The van der Waals surface area contributed by atoms with Crippen LogP contribution < -0.4 is 5.32 Å². The van der Waals surface area contributed by atoms with E-state index in [1.807, 2.05) is 7.05 Å².